The van der Waals surface area contributed by atoms with Gasteiger partial charge in [-0.15, -0.1) is 0 Å². The third-order valence-corrected chi connectivity index (χ3v) is 5.35. The molecule has 0 N–H and O–H groups in total. The number of carbonyl (C=O) groups is 1. The first kappa shape index (κ1) is 18.4. The van der Waals surface area contributed by atoms with Crippen molar-refractivity contribution in [2.75, 3.05) is 14.2 Å². The Morgan fingerprint density at radius 2 is 1.68 bits per heavy atom. The van der Waals surface area contributed by atoms with E-state index in [1.807, 2.05) is 48.5 Å². The summed E-state index contributed by atoms with van der Waals surface area (Å²) in [7, 11) is 3.08. The van der Waals surface area contributed by atoms with Crippen molar-refractivity contribution in [2.45, 2.75) is 12.0 Å². The van der Waals surface area contributed by atoms with Gasteiger partial charge in [0.1, 0.15) is 22.8 Å². The monoisotopic (exact) mass is 394 g/mol. The summed E-state index contributed by atoms with van der Waals surface area (Å²) in [6.45, 7) is 0. The summed E-state index contributed by atoms with van der Waals surface area (Å²) in [5.74, 6) is 1.31. The number of methoxy groups -OCH3 is 2. The van der Waals surface area contributed by atoms with Crippen LogP contribution in [0.2, 0.25) is 5.02 Å². The van der Waals surface area contributed by atoms with Gasteiger partial charge in [-0.3, -0.25) is 4.79 Å². The van der Waals surface area contributed by atoms with Crippen LogP contribution in [0.1, 0.15) is 27.9 Å². The number of hydrogen-bond acceptors (Lipinski definition) is 4. The number of halogens is 1. The average Bonchev–Trinajstić information content (AvgIpc) is 2.73. The van der Waals surface area contributed by atoms with E-state index in [4.69, 9.17) is 25.8 Å². The maximum Gasteiger partial charge on any atom is 0.175 e. The van der Waals surface area contributed by atoms with Gasteiger partial charge in [0, 0.05) is 28.3 Å². The van der Waals surface area contributed by atoms with E-state index in [9.17, 15) is 4.79 Å². The van der Waals surface area contributed by atoms with Gasteiger partial charge >= 0.3 is 0 Å². The molecule has 4 nitrogen and oxygen atoms in total. The minimum atomic E-state index is -1.04. The number of rotatable bonds is 4. The molecule has 0 spiro atoms. The smallest absolute Gasteiger partial charge is 0.175 e. The number of hydrogen-bond donors (Lipinski definition) is 0. The highest BCUT2D eigenvalue weighted by molar-refractivity contribution is 6.31. The van der Waals surface area contributed by atoms with Crippen molar-refractivity contribution in [3.63, 3.8) is 0 Å². The average molecular weight is 395 g/mol. The van der Waals surface area contributed by atoms with E-state index in [1.54, 1.807) is 25.3 Å². The topological polar surface area (TPSA) is 44.8 Å². The summed E-state index contributed by atoms with van der Waals surface area (Å²) in [5.41, 5.74) is 0.968. The summed E-state index contributed by atoms with van der Waals surface area (Å²) in [4.78, 5) is 13.3. The molecule has 0 bridgehead atoms. The van der Waals surface area contributed by atoms with Crippen LogP contribution in [0.25, 0.3) is 0 Å². The molecule has 1 aliphatic rings. The van der Waals surface area contributed by atoms with Crippen LogP contribution >= 0.6 is 11.6 Å². The number of fused-ring (bicyclic) bond motifs is 1. The zero-order valence-electron chi connectivity index (χ0n) is 15.6. The lowest BCUT2D eigenvalue weighted by Crippen LogP contribution is -2.41. The Labute approximate surface area is 168 Å². The lowest BCUT2D eigenvalue weighted by molar-refractivity contribution is 0.0609. The van der Waals surface area contributed by atoms with Crippen LogP contribution in [-0.4, -0.2) is 20.0 Å². The van der Waals surface area contributed by atoms with Gasteiger partial charge < -0.3 is 14.2 Å². The zero-order chi connectivity index (χ0) is 19.7. The minimum absolute atomic E-state index is 0.0791. The summed E-state index contributed by atoms with van der Waals surface area (Å²) in [6.07, 6.45) is 0.108. The number of Topliss-reactive ketones (excluding diaryl/α,β-unsaturated/α-hetero) is 1. The molecule has 0 saturated carbocycles. The number of benzene rings is 3. The van der Waals surface area contributed by atoms with E-state index in [0.29, 0.717) is 27.8 Å². The van der Waals surface area contributed by atoms with Gasteiger partial charge in [0.25, 0.3) is 0 Å². The molecular weight excluding hydrogens is 376 g/mol. The van der Waals surface area contributed by atoms with Crippen molar-refractivity contribution >= 4 is 17.4 Å². The Balaban J connectivity index is 1.98. The molecule has 0 aliphatic carbocycles. The van der Waals surface area contributed by atoms with Gasteiger partial charge in [0.2, 0.25) is 0 Å². The van der Waals surface area contributed by atoms with Crippen molar-refractivity contribution in [2.24, 2.45) is 0 Å². The lowest BCUT2D eigenvalue weighted by Gasteiger charge is -2.39. The standard InChI is InChI=1S/C23H19ClO4/c1-26-16-12-20(27-2)22-19(25)14-23(28-21(22)13-16,15-8-4-3-5-9-15)17-10-6-7-11-18(17)24/h3-13H,14H2,1-2H3. The fourth-order valence-corrected chi connectivity index (χ4v) is 3.99. The van der Waals surface area contributed by atoms with Gasteiger partial charge in [-0.1, -0.05) is 60.1 Å². The highest BCUT2D eigenvalue weighted by Crippen LogP contribution is 2.49. The first-order valence-corrected chi connectivity index (χ1v) is 9.25. The molecule has 28 heavy (non-hydrogen) atoms. The number of ether oxygens (including phenoxy) is 3. The molecule has 5 heteroatoms. The molecule has 0 amide bonds. The molecule has 4 rings (SSSR count). The summed E-state index contributed by atoms with van der Waals surface area (Å²) in [5, 5.41) is 0.539. The molecule has 1 unspecified atom stereocenters. The van der Waals surface area contributed by atoms with Crippen molar-refractivity contribution in [3.8, 4) is 17.2 Å². The van der Waals surface area contributed by atoms with E-state index in [2.05, 4.69) is 0 Å². The first-order valence-electron chi connectivity index (χ1n) is 8.88. The molecule has 1 aliphatic heterocycles. The Hall–Kier alpha value is -2.98. The second kappa shape index (κ2) is 7.21. The normalized spacial score (nSPS) is 18.2. The zero-order valence-corrected chi connectivity index (χ0v) is 16.3. The van der Waals surface area contributed by atoms with Gasteiger partial charge in [0.05, 0.1) is 20.6 Å². The molecule has 1 heterocycles. The fraction of sp³-hybridized carbons (Fsp3) is 0.174. The summed E-state index contributed by atoms with van der Waals surface area (Å²) in [6, 6.07) is 20.5. The van der Waals surface area contributed by atoms with Crippen LogP contribution in [0.15, 0.2) is 66.7 Å². The Bertz CT molecular complexity index is 1030. The van der Waals surface area contributed by atoms with Gasteiger partial charge in [-0.25, -0.2) is 0 Å². The van der Waals surface area contributed by atoms with Gasteiger partial charge in [-0.2, -0.15) is 0 Å². The second-order valence-corrected chi connectivity index (χ2v) is 6.98. The van der Waals surface area contributed by atoms with Gasteiger partial charge in [0.15, 0.2) is 11.4 Å². The van der Waals surface area contributed by atoms with E-state index < -0.39 is 5.60 Å². The maximum atomic E-state index is 13.3. The summed E-state index contributed by atoms with van der Waals surface area (Å²) < 4.78 is 17.3. The molecule has 0 saturated heterocycles. The van der Waals surface area contributed by atoms with Crippen LogP contribution in [0, 0.1) is 0 Å². The largest absolute Gasteiger partial charge is 0.496 e. The van der Waals surface area contributed by atoms with Crippen LogP contribution in [0.5, 0.6) is 17.2 Å². The number of ketones is 1. The van der Waals surface area contributed by atoms with Crippen molar-refractivity contribution in [3.05, 3.63) is 88.4 Å². The summed E-state index contributed by atoms with van der Waals surface area (Å²) >= 11 is 6.55. The minimum Gasteiger partial charge on any atom is -0.496 e. The second-order valence-electron chi connectivity index (χ2n) is 6.58. The van der Waals surface area contributed by atoms with Crippen LogP contribution in [-0.2, 0) is 5.60 Å². The molecule has 0 aromatic heterocycles. The Morgan fingerprint density at radius 1 is 0.964 bits per heavy atom. The molecule has 0 radical (unpaired) electrons. The van der Waals surface area contributed by atoms with Crippen LogP contribution in [0.4, 0.5) is 0 Å². The van der Waals surface area contributed by atoms with E-state index >= 15 is 0 Å². The molecule has 1 atom stereocenters. The van der Waals surface area contributed by atoms with Gasteiger partial charge in [-0.05, 0) is 6.07 Å². The SMILES string of the molecule is COc1cc(OC)c2c(c1)OC(c1ccccc1)(c1ccccc1Cl)CC2=O. The van der Waals surface area contributed by atoms with E-state index in [1.165, 1.54) is 7.11 Å². The maximum absolute atomic E-state index is 13.3. The van der Waals surface area contributed by atoms with Crippen LogP contribution < -0.4 is 14.2 Å². The molecule has 0 fully saturated rings. The Morgan fingerprint density at radius 3 is 2.36 bits per heavy atom. The third kappa shape index (κ3) is 2.90. The predicted octanol–water partition coefficient (Wildman–Crippen LogP) is 5.27. The Kier molecular flexibility index (Phi) is 4.73. The molecule has 142 valence electrons. The number of carbonyl (C=O) groups excluding carboxylic acids is 1. The highest BCUT2D eigenvalue weighted by Gasteiger charge is 2.46. The quantitative estimate of drug-likeness (QED) is 0.605. The first-order chi connectivity index (χ1) is 13.6. The highest BCUT2D eigenvalue weighted by atomic mass is 35.5. The lowest BCUT2D eigenvalue weighted by atomic mass is 9.78. The van der Waals surface area contributed by atoms with Crippen molar-refractivity contribution in [1.29, 1.82) is 0 Å². The van der Waals surface area contributed by atoms with Crippen molar-refractivity contribution in [1.82, 2.24) is 0 Å². The fourth-order valence-electron chi connectivity index (χ4n) is 3.70. The molecule has 3 aromatic rings. The van der Waals surface area contributed by atoms with Crippen LogP contribution in [0.3, 0.4) is 0 Å². The van der Waals surface area contributed by atoms with Crippen molar-refractivity contribution < 1.29 is 19.0 Å². The van der Waals surface area contributed by atoms with E-state index in [-0.39, 0.29) is 12.2 Å². The molecule has 3 aromatic carbocycles. The molecular formula is C23H19ClO4. The third-order valence-electron chi connectivity index (χ3n) is 5.02. The van der Waals surface area contributed by atoms with E-state index in [0.717, 1.165) is 11.1 Å². The predicted molar refractivity (Wildman–Crippen MR) is 108 cm³/mol.